The van der Waals surface area contributed by atoms with Crippen LogP contribution in [-0.2, 0) is 11.3 Å². The highest BCUT2D eigenvalue weighted by atomic mass is 32.2. The first kappa shape index (κ1) is 23.0. The molecule has 0 saturated carbocycles. The number of benzene rings is 2. The van der Waals surface area contributed by atoms with Crippen molar-refractivity contribution in [3.8, 4) is 0 Å². The molecule has 166 valence electrons. The molecule has 0 fully saturated rings. The Kier molecular flexibility index (Phi) is 7.61. The number of hydrogen-bond acceptors (Lipinski definition) is 6. The minimum absolute atomic E-state index is 0.101. The number of thioether (sulfide) groups is 1. The molecule has 2 amide bonds. The summed E-state index contributed by atoms with van der Waals surface area (Å²) >= 11 is 1.23. The van der Waals surface area contributed by atoms with Crippen LogP contribution in [0.25, 0.3) is 0 Å². The number of amides is 2. The van der Waals surface area contributed by atoms with Crippen LogP contribution < -0.4 is 10.6 Å². The summed E-state index contributed by atoms with van der Waals surface area (Å²) in [6.45, 7) is 4.35. The van der Waals surface area contributed by atoms with E-state index in [0.29, 0.717) is 28.8 Å². The summed E-state index contributed by atoms with van der Waals surface area (Å²) in [4.78, 5) is 35.6. The molecule has 9 nitrogen and oxygen atoms in total. The van der Waals surface area contributed by atoms with Gasteiger partial charge in [0.2, 0.25) is 5.91 Å². The van der Waals surface area contributed by atoms with Crippen molar-refractivity contribution in [2.75, 3.05) is 11.1 Å². The van der Waals surface area contributed by atoms with Crippen molar-refractivity contribution in [2.24, 2.45) is 0 Å². The average molecular weight is 454 g/mol. The van der Waals surface area contributed by atoms with Gasteiger partial charge in [0.15, 0.2) is 11.0 Å². The third-order valence-corrected chi connectivity index (χ3v) is 5.55. The number of carbonyl (C=O) groups excluding carboxylic acids is 2. The molecule has 32 heavy (non-hydrogen) atoms. The van der Waals surface area contributed by atoms with Crippen molar-refractivity contribution in [3.63, 3.8) is 0 Å². The zero-order valence-corrected chi connectivity index (χ0v) is 18.4. The number of hydrogen-bond donors (Lipinski definition) is 3. The summed E-state index contributed by atoms with van der Waals surface area (Å²) in [6, 6.07) is 14.5. The Hall–Kier alpha value is -3.66. The van der Waals surface area contributed by atoms with Crippen LogP contribution in [0.4, 0.5) is 5.69 Å². The molecule has 1 aromatic heterocycles. The molecule has 3 rings (SSSR count). The predicted molar refractivity (Wildman–Crippen MR) is 121 cm³/mol. The van der Waals surface area contributed by atoms with E-state index in [4.69, 9.17) is 5.11 Å². The van der Waals surface area contributed by atoms with Gasteiger partial charge in [0, 0.05) is 17.8 Å². The molecule has 0 saturated heterocycles. The van der Waals surface area contributed by atoms with Crippen LogP contribution in [0.1, 0.15) is 46.4 Å². The molecule has 0 unspecified atom stereocenters. The van der Waals surface area contributed by atoms with Gasteiger partial charge in [-0.15, -0.1) is 10.2 Å². The largest absolute Gasteiger partial charge is 0.478 e. The van der Waals surface area contributed by atoms with Crippen molar-refractivity contribution < 1.29 is 19.5 Å². The molecule has 0 aliphatic rings. The van der Waals surface area contributed by atoms with E-state index in [1.165, 1.54) is 36.0 Å². The standard InChI is InChI=1S/C22H23N5O4S/c1-3-27-19(14(2)23-20(29)15-7-5-4-6-8-15)25-26-22(27)32-13-18(28)24-17-11-9-16(10-12-17)21(30)31/h4-12,14H,3,13H2,1-2H3,(H,23,29)(H,24,28)(H,30,31)/t14-/m0/s1. The molecule has 3 N–H and O–H groups in total. The quantitative estimate of drug-likeness (QED) is 0.425. The first-order chi connectivity index (χ1) is 15.4. The number of carbonyl (C=O) groups is 3. The second-order valence-electron chi connectivity index (χ2n) is 6.87. The molecule has 2 aromatic carbocycles. The fourth-order valence-corrected chi connectivity index (χ4v) is 3.79. The lowest BCUT2D eigenvalue weighted by Gasteiger charge is -2.15. The second kappa shape index (κ2) is 10.6. The predicted octanol–water partition coefficient (Wildman–Crippen LogP) is 3.22. The van der Waals surface area contributed by atoms with E-state index >= 15 is 0 Å². The minimum atomic E-state index is -1.03. The number of carboxylic acids is 1. The summed E-state index contributed by atoms with van der Waals surface area (Å²) in [7, 11) is 0. The zero-order chi connectivity index (χ0) is 23.1. The molecular formula is C22H23N5O4S. The van der Waals surface area contributed by atoms with Crippen LogP contribution in [-0.4, -0.2) is 43.4 Å². The summed E-state index contributed by atoms with van der Waals surface area (Å²) in [5.41, 5.74) is 1.22. The first-order valence-electron chi connectivity index (χ1n) is 9.94. The van der Waals surface area contributed by atoms with Gasteiger partial charge >= 0.3 is 5.97 Å². The summed E-state index contributed by atoms with van der Waals surface area (Å²) < 4.78 is 1.86. The second-order valence-corrected chi connectivity index (χ2v) is 7.81. The minimum Gasteiger partial charge on any atom is -0.478 e. The molecule has 0 radical (unpaired) electrons. The van der Waals surface area contributed by atoms with Crippen molar-refractivity contribution in [1.82, 2.24) is 20.1 Å². The Morgan fingerprint density at radius 1 is 1.03 bits per heavy atom. The molecule has 10 heteroatoms. The molecule has 0 spiro atoms. The third-order valence-electron chi connectivity index (χ3n) is 4.58. The van der Waals surface area contributed by atoms with Gasteiger partial charge in [-0.25, -0.2) is 4.79 Å². The van der Waals surface area contributed by atoms with Gasteiger partial charge < -0.3 is 20.3 Å². The van der Waals surface area contributed by atoms with Gasteiger partial charge in [-0.1, -0.05) is 30.0 Å². The summed E-state index contributed by atoms with van der Waals surface area (Å²) in [5, 5.41) is 23.5. The highest BCUT2D eigenvalue weighted by Crippen LogP contribution is 2.21. The number of rotatable bonds is 9. The number of aromatic carboxylic acids is 1. The first-order valence-corrected chi connectivity index (χ1v) is 10.9. The van der Waals surface area contributed by atoms with E-state index in [2.05, 4.69) is 20.8 Å². The van der Waals surface area contributed by atoms with Crippen LogP contribution >= 0.6 is 11.8 Å². The fourth-order valence-electron chi connectivity index (χ4n) is 2.98. The SMILES string of the molecule is CCn1c(SCC(=O)Nc2ccc(C(=O)O)cc2)nnc1[C@H](C)NC(=O)c1ccccc1. The molecule has 0 bridgehead atoms. The Morgan fingerprint density at radius 2 is 1.72 bits per heavy atom. The molecule has 0 aliphatic carbocycles. The third kappa shape index (κ3) is 5.73. The van der Waals surface area contributed by atoms with Gasteiger partial charge in [0.25, 0.3) is 5.91 Å². The van der Waals surface area contributed by atoms with E-state index in [1.54, 1.807) is 24.3 Å². The van der Waals surface area contributed by atoms with Gasteiger partial charge in [-0.05, 0) is 50.2 Å². The fraction of sp³-hybridized carbons (Fsp3) is 0.227. The maximum atomic E-state index is 12.4. The lowest BCUT2D eigenvalue weighted by Crippen LogP contribution is -2.28. The van der Waals surface area contributed by atoms with Gasteiger partial charge in [0.1, 0.15) is 0 Å². The van der Waals surface area contributed by atoms with Crippen molar-refractivity contribution in [2.45, 2.75) is 31.6 Å². The monoisotopic (exact) mass is 453 g/mol. The lowest BCUT2D eigenvalue weighted by atomic mass is 10.2. The van der Waals surface area contributed by atoms with E-state index in [0.717, 1.165) is 0 Å². The van der Waals surface area contributed by atoms with Crippen LogP contribution in [0.3, 0.4) is 0 Å². The van der Waals surface area contributed by atoms with Crippen LogP contribution in [0.5, 0.6) is 0 Å². The molecule has 3 aromatic rings. The van der Waals surface area contributed by atoms with Crippen molar-refractivity contribution >= 4 is 35.2 Å². The number of carboxylic acid groups (broad SMARTS) is 1. The molecule has 0 aliphatic heterocycles. The van der Waals surface area contributed by atoms with Crippen LogP contribution in [0.2, 0.25) is 0 Å². The maximum Gasteiger partial charge on any atom is 0.335 e. The normalized spacial score (nSPS) is 11.6. The Morgan fingerprint density at radius 3 is 2.34 bits per heavy atom. The average Bonchev–Trinajstić information content (AvgIpc) is 3.21. The Balaban J connectivity index is 1.59. The van der Waals surface area contributed by atoms with Crippen LogP contribution in [0, 0.1) is 0 Å². The number of aromatic nitrogens is 3. The van der Waals surface area contributed by atoms with E-state index in [-0.39, 0.29) is 29.2 Å². The highest BCUT2D eigenvalue weighted by Gasteiger charge is 2.20. The topological polar surface area (TPSA) is 126 Å². The van der Waals surface area contributed by atoms with Gasteiger partial charge in [-0.3, -0.25) is 9.59 Å². The Bertz CT molecular complexity index is 1100. The highest BCUT2D eigenvalue weighted by molar-refractivity contribution is 7.99. The smallest absolute Gasteiger partial charge is 0.335 e. The molecule has 1 heterocycles. The van der Waals surface area contributed by atoms with Crippen LogP contribution in [0.15, 0.2) is 59.8 Å². The Labute approximate surface area is 189 Å². The molecular weight excluding hydrogens is 430 g/mol. The molecule has 1 atom stereocenters. The number of nitrogens with one attached hydrogen (secondary N) is 2. The zero-order valence-electron chi connectivity index (χ0n) is 17.6. The summed E-state index contributed by atoms with van der Waals surface area (Å²) in [5.74, 6) is -0.781. The van der Waals surface area contributed by atoms with Gasteiger partial charge in [-0.2, -0.15) is 0 Å². The van der Waals surface area contributed by atoms with E-state index in [9.17, 15) is 14.4 Å². The van der Waals surface area contributed by atoms with Gasteiger partial charge in [0.05, 0.1) is 17.4 Å². The lowest BCUT2D eigenvalue weighted by molar-refractivity contribution is -0.113. The number of nitrogens with zero attached hydrogens (tertiary/aromatic N) is 3. The maximum absolute atomic E-state index is 12.4. The van der Waals surface area contributed by atoms with E-state index in [1.807, 2.05) is 24.5 Å². The number of anilines is 1. The van der Waals surface area contributed by atoms with Crippen molar-refractivity contribution in [3.05, 3.63) is 71.5 Å². The van der Waals surface area contributed by atoms with E-state index < -0.39 is 5.97 Å². The summed E-state index contributed by atoms with van der Waals surface area (Å²) in [6.07, 6.45) is 0. The van der Waals surface area contributed by atoms with Crippen molar-refractivity contribution in [1.29, 1.82) is 0 Å².